The average Bonchev–Trinajstić information content (AvgIpc) is 3.08. The monoisotopic (exact) mass is 289 g/mol. The summed E-state index contributed by atoms with van der Waals surface area (Å²) >= 11 is 1.78. The molecule has 108 valence electrons. The van der Waals surface area contributed by atoms with Gasteiger partial charge in [0.05, 0.1) is 12.1 Å². The van der Waals surface area contributed by atoms with Crippen molar-refractivity contribution in [2.45, 2.75) is 49.1 Å². The fourth-order valence-electron chi connectivity index (χ4n) is 3.57. The first-order valence-electron chi connectivity index (χ1n) is 7.39. The molecule has 0 amide bonds. The summed E-state index contributed by atoms with van der Waals surface area (Å²) in [6, 6.07) is 9.44. The zero-order valence-corrected chi connectivity index (χ0v) is 13.1. The van der Waals surface area contributed by atoms with Crippen molar-refractivity contribution in [1.82, 2.24) is 4.90 Å². The molecule has 1 heterocycles. The molecule has 1 aromatic carbocycles. The van der Waals surface area contributed by atoms with E-state index in [1.807, 2.05) is 0 Å². The second-order valence-electron chi connectivity index (χ2n) is 5.99. The van der Waals surface area contributed by atoms with Crippen molar-refractivity contribution in [3.63, 3.8) is 0 Å². The normalized spacial score (nSPS) is 27.1. The number of thioether (sulfide) groups is 1. The lowest BCUT2D eigenvalue weighted by molar-refractivity contribution is 0.167. The molecule has 3 nitrogen and oxygen atoms in total. The fourth-order valence-corrected chi connectivity index (χ4v) is 3.98. The van der Waals surface area contributed by atoms with Crippen molar-refractivity contribution in [3.8, 4) is 0 Å². The van der Waals surface area contributed by atoms with Crippen LogP contribution in [0.25, 0.3) is 0 Å². The van der Waals surface area contributed by atoms with Crippen molar-refractivity contribution in [1.29, 1.82) is 0 Å². The first kappa shape index (κ1) is 13.8. The SMILES string of the molecule is CSc1ccc(C2(C)CN=C(N)N2C2CCCC2)cc1. The summed E-state index contributed by atoms with van der Waals surface area (Å²) in [5.41, 5.74) is 7.45. The minimum absolute atomic E-state index is 0.0734. The second-order valence-corrected chi connectivity index (χ2v) is 6.86. The molecule has 0 bridgehead atoms. The molecule has 4 heteroatoms. The van der Waals surface area contributed by atoms with Gasteiger partial charge in [-0.3, -0.25) is 4.99 Å². The molecule has 0 saturated heterocycles. The molecule has 1 fully saturated rings. The molecular formula is C16H23N3S. The van der Waals surface area contributed by atoms with Crippen molar-refractivity contribution < 1.29 is 0 Å². The summed E-state index contributed by atoms with van der Waals surface area (Å²) in [6.07, 6.45) is 7.23. The van der Waals surface area contributed by atoms with Gasteiger partial charge in [0.15, 0.2) is 5.96 Å². The Balaban J connectivity index is 1.92. The first-order chi connectivity index (χ1) is 9.65. The van der Waals surface area contributed by atoms with Crippen LogP contribution >= 0.6 is 11.8 Å². The number of hydrogen-bond donors (Lipinski definition) is 1. The van der Waals surface area contributed by atoms with Crippen LogP contribution in [0.1, 0.15) is 38.2 Å². The van der Waals surface area contributed by atoms with E-state index in [4.69, 9.17) is 5.73 Å². The van der Waals surface area contributed by atoms with Gasteiger partial charge < -0.3 is 10.6 Å². The van der Waals surface area contributed by atoms with Gasteiger partial charge in [-0.2, -0.15) is 0 Å². The molecule has 1 aliphatic carbocycles. The lowest BCUT2D eigenvalue weighted by atomic mass is 9.89. The maximum Gasteiger partial charge on any atom is 0.192 e. The summed E-state index contributed by atoms with van der Waals surface area (Å²) in [5, 5.41) is 0. The maximum atomic E-state index is 6.20. The van der Waals surface area contributed by atoms with Crippen LogP contribution in [0.5, 0.6) is 0 Å². The summed E-state index contributed by atoms with van der Waals surface area (Å²) in [6.45, 7) is 3.05. The van der Waals surface area contributed by atoms with Crippen LogP contribution in [0.4, 0.5) is 0 Å². The van der Waals surface area contributed by atoms with E-state index in [0.29, 0.717) is 6.04 Å². The third-order valence-corrected chi connectivity index (χ3v) is 5.47. The van der Waals surface area contributed by atoms with Crippen molar-refractivity contribution >= 4 is 17.7 Å². The Bertz CT molecular complexity index is 505. The third-order valence-electron chi connectivity index (χ3n) is 4.73. The smallest absolute Gasteiger partial charge is 0.192 e. The molecule has 1 aliphatic heterocycles. The third kappa shape index (κ3) is 2.20. The second kappa shape index (κ2) is 5.32. The van der Waals surface area contributed by atoms with E-state index in [1.165, 1.54) is 36.1 Å². The maximum absolute atomic E-state index is 6.20. The predicted octanol–water partition coefficient (Wildman–Crippen LogP) is 3.20. The van der Waals surface area contributed by atoms with E-state index in [9.17, 15) is 0 Å². The Labute approximate surface area is 125 Å². The number of hydrogen-bond acceptors (Lipinski definition) is 4. The van der Waals surface area contributed by atoms with Gasteiger partial charge >= 0.3 is 0 Å². The lowest BCUT2D eigenvalue weighted by Crippen LogP contribution is -2.52. The minimum Gasteiger partial charge on any atom is -0.370 e. The van der Waals surface area contributed by atoms with E-state index in [-0.39, 0.29) is 5.54 Å². The Morgan fingerprint density at radius 2 is 1.90 bits per heavy atom. The number of nitrogens with zero attached hydrogens (tertiary/aromatic N) is 2. The molecule has 2 N–H and O–H groups in total. The van der Waals surface area contributed by atoms with Crippen LogP contribution in [0.15, 0.2) is 34.2 Å². The van der Waals surface area contributed by atoms with Crippen LogP contribution in [-0.4, -0.2) is 29.7 Å². The van der Waals surface area contributed by atoms with Crippen LogP contribution in [0.3, 0.4) is 0 Å². The van der Waals surface area contributed by atoms with Gasteiger partial charge in [-0.1, -0.05) is 25.0 Å². The summed E-state index contributed by atoms with van der Waals surface area (Å²) in [4.78, 5) is 8.23. The molecular weight excluding hydrogens is 266 g/mol. The predicted molar refractivity (Wildman–Crippen MR) is 86.2 cm³/mol. The fraction of sp³-hybridized carbons (Fsp3) is 0.562. The topological polar surface area (TPSA) is 41.6 Å². The highest BCUT2D eigenvalue weighted by atomic mass is 32.2. The summed E-state index contributed by atoms with van der Waals surface area (Å²) < 4.78 is 0. The van der Waals surface area contributed by atoms with Crippen LogP contribution in [-0.2, 0) is 5.54 Å². The summed E-state index contributed by atoms with van der Waals surface area (Å²) in [7, 11) is 0. The Morgan fingerprint density at radius 1 is 1.25 bits per heavy atom. The molecule has 0 spiro atoms. The highest BCUT2D eigenvalue weighted by Gasteiger charge is 2.43. The van der Waals surface area contributed by atoms with Crippen LogP contribution in [0, 0.1) is 0 Å². The largest absolute Gasteiger partial charge is 0.370 e. The van der Waals surface area contributed by atoms with Crippen molar-refractivity contribution in [3.05, 3.63) is 29.8 Å². The number of benzene rings is 1. The Hall–Kier alpha value is -1.16. The van der Waals surface area contributed by atoms with E-state index < -0.39 is 0 Å². The number of rotatable bonds is 3. The van der Waals surface area contributed by atoms with Crippen molar-refractivity contribution in [2.75, 3.05) is 12.8 Å². The van der Waals surface area contributed by atoms with Gasteiger partial charge in [-0.05, 0) is 43.7 Å². The Morgan fingerprint density at radius 3 is 2.50 bits per heavy atom. The van der Waals surface area contributed by atoms with Gasteiger partial charge in [0.1, 0.15) is 0 Å². The molecule has 1 unspecified atom stereocenters. The van der Waals surface area contributed by atoms with Crippen LogP contribution in [0.2, 0.25) is 0 Å². The molecule has 3 rings (SSSR count). The number of aliphatic imine (C=N–C) groups is 1. The van der Waals surface area contributed by atoms with Crippen molar-refractivity contribution in [2.24, 2.45) is 10.7 Å². The van der Waals surface area contributed by atoms with Gasteiger partial charge in [0, 0.05) is 10.9 Å². The molecule has 0 aromatic heterocycles. The van der Waals surface area contributed by atoms with E-state index in [0.717, 1.165) is 12.5 Å². The molecule has 1 atom stereocenters. The van der Waals surface area contributed by atoms with Gasteiger partial charge in [-0.15, -0.1) is 11.8 Å². The van der Waals surface area contributed by atoms with Gasteiger partial charge in [0.25, 0.3) is 0 Å². The zero-order valence-electron chi connectivity index (χ0n) is 12.3. The lowest BCUT2D eigenvalue weighted by Gasteiger charge is -2.41. The van der Waals surface area contributed by atoms with Gasteiger partial charge in [0.2, 0.25) is 0 Å². The Kier molecular flexibility index (Phi) is 3.67. The molecule has 1 saturated carbocycles. The number of nitrogens with two attached hydrogens (primary N) is 1. The summed E-state index contributed by atoms with van der Waals surface area (Å²) in [5.74, 6) is 0.730. The van der Waals surface area contributed by atoms with E-state index >= 15 is 0 Å². The van der Waals surface area contributed by atoms with Gasteiger partial charge in [-0.25, -0.2) is 0 Å². The first-order valence-corrected chi connectivity index (χ1v) is 8.61. The van der Waals surface area contributed by atoms with E-state index in [2.05, 4.69) is 47.3 Å². The highest BCUT2D eigenvalue weighted by Crippen LogP contribution is 2.39. The highest BCUT2D eigenvalue weighted by molar-refractivity contribution is 7.98. The molecule has 2 aliphatic rings. The van der Waals surface area contributed by atoms with Crippen LogP contribution < -0.4 is 5.73 Å². The number of guanidine groups is 1. The zero-order chi connectivity index (χ0) is 14.2. The standard InChI is InChI=1S/C16H23N3S/c1-16(12-7-9-14(20-2)10-8-12)11-18-15(17)19(16)13-5-3-4-6-13/h7-10,13H,3-6,11H2,1-2H3,(H2,17,18). The van der Waals surface area contributed by atoms with E-state index in [1.54, 1.807) is 11.8 Å². The molecule has 1 aromatic rings. The quantitative estimate of drug-likeness (QED) is 0.869. The molecule has 20 heavy (non-hydrogen) atoms. The molecule has 0 radical (unpaired) electrons. The average molecular weight is 289 g/mol. The minimum atomic E-state index is -0.0734.